The van der Waals surface area contributed by atoms with Gasteiger partial charge in [0.1, 0.15) is 37.3 Å². The molecule has 0 spiro atoms. The van der Waals surface area contributed by atoms with Gasteiger partial charge in [-0.05, 0) is 36.5 Å². The third-order valence-corrected chi connectivity index (χ3v) is 8.08. The molecule has 3 rings (SSSR count). The minimum atomic E-state index is -2.13. The van der Waals surface area contributed by atoms with Crippen molar-refractivity contribution in [3.63, 3.8) is 0 Å². The largest absolute Gasteiger partial charge is 0.463 e. The Bertz CT molecular complexity index is 1480. The summed E-state index contributed by atoms with van der Waals surface area (Å²) in [5.74, 6) is -1.45. The van der Waals surface area contributed by atoms with Crippen LogP contribution in [-0.4, -0.2) is 89.2 Å². The Labute approximate surface area is 274 Å². The number of nitrogens with zero attached hydrogens (tertiary/aromatic N) is 3. The molecule has 6 atom stereocenters. The number of amidine groups is 1. The fourth-order valence-corrected chi connectivity index (χ4v) is 4.99. The molecule has 2 heterocycles. The topological polar surface area (TPSA) is 216 Å². The van der Waals surface area contributed by atoms with Crippen molar-refractivity contribution in [3.05, 3.63) is 59.4 Å². The molecule has 1 unspecified atom stereocenters. The van der Waals surface area contributed by atoms with Crippen LogP contribution in [0.2, 0.25) is 0 Å². The molecule has 14 heteroatoms. The minimum Gasteiger partial charge on any atom is -0.463 e. The standard InChI is InChI=1S/C33H45N7O7/c1-7-11-20(2)40(6)31(44)39-29(37-19-35)22-14-15-24(38-22)33(18-34)28(42)26(46-30(43)27(36)32(3,4)5)23(47-33)17-45-25(41)16-21-12-9-8-10-13-21/h8-10,12-15,19-20,23,26-28,38,42H,7,11,16-17,36H2,1-6H3,(H2,35,37,39,44)/t20?,23-,26-,27-,28-,33+/m1/s1. The number of carbonyl (C=O) groups is 3. The van der Waals surface area contributed by atoms with Gasteiger partial charge in [0.25, 0.3) is 0 Å². The van der Waals surface area contributed by atoms with E-state index in [9.17, 15) is 24.8 Å². The Kier molecular flexibility index (Phi) is 12.4. The number of benzene rings is 1. The fraction of sp³-hybridized carbons (Fsp3) is 0.515. The van der Waals surface area contributed by atoms with Crippen LogP contribution in [0.5, 0.6) is 0 Å². The number of carbonyl (C=O) groups excluding carboxylic acids is 3. The van der Waals surface area contributed by atoms with E-state index in [1.54, 1.807) is 52.1 Å². The first kappa shape index (κ1) is 36.9. The number of aliphatic hydroxyl groups is 1. The number of aliphatic imine (C=N–C) groups is 1. The van der Waals surface area contributed by atoms with E-state index in [2.05, 4.69) is 15.3 Å². The number of nitrogens with two attached hydrogens (primary N) is 1. The highest BCUT2D eigenvalue weighted by molar-refractivity contribution is 6.08. The Balaban J connectivity index is 1.91. The molecule has 2 aromatic rings. The summed E-state index contributed by atoms with van der Waals surface area (Å²) >= 11 is 0. The van der Waals surface area contributed by atoms with Crippen LogP contribution in [0.25, 0.3) is 0 Å². The van der Waals surface area contributed by atoms with Crippen LogP contribution >= 0.6 is 0 Å². The molecule has 0 saturated carbocycles. The number of hydrogen-bond acceptors (Lipinski definition) is 10. The van der Waals surface area contributed by atoms with Gasteiger partial charge in [-0.1, -0.05) is 64.4 Å². The van der Waals surface area contributed by atoms with Crippen LogP contribution in [-0.2, 0) is 35.8 Å². The Morgan fingerprint density at radius 1 is 1.28 bits per heavy atom. The summed E-state index contributed by atoms with van der Waals surface area (Å²) in [5, 5.41) is 32.2. The number of H-pyrrole nitrogens is 1. The maximum Gasteiger partial charge on any atom is 0.323 e. The van der Waals surface area contributed by atoms with Crippen molar-refractivity contribution in [2.24, 2.45) is 16.1 Å². The van der Waals surface area contributed by atoms with Crippen LogP contribution in [0.1, 0.15) is 64.4 Å². The van der Waals surface area contributed by atoms with E-state index in [4.69, 9.17) is 25.4 Å². The molecule has 14 nitrogen and oxygen atoms in total. The fourth-order valence-electron chi connectivity index (χ4n) is 4.99. The molecular formula is C33H45N7O7. The highest BCUT2D eigenvalue weighted by Crippen LogP contribution is 2.41. The zero-order chi connectivity index (χ0) is 34.9. The number of aliphatic hydroxyl groups excluding tert-OH is 1. The highest BCUT2D eigenvalue weighted by Gasteiger charge is 2.59. The Morgan fingerprint density at radius 2 is 1.96 bits per heavy atom. The van der Waals surface area contributed by atoms with Crippen LogP contribution in [0.3, 0.4) is 0 Å². The van der Waals surface area contributed by atoms with Gasteiger partial charge < -0.3 is 34.9 Å². The molecule has 1 aromatic carbocycles. The van der Waals surface area contributed by atoms with Gasteiger partial charge in [-0.15, -0.1) is 0 Å². The number of nitrogens with one attached hydrogen (secondary N) is 3. The van der Waals surface area contributed by atoms with Crippen molar-refractivity contribution in [3.8, 4) is 6.07 Å². The second-order valence-corrected chi connectivity index (χ2v) is 12.6. The number of rotatable bonds is 12. The second-order valence-electron chi connectivity index (χ2n) is 12.6. The molecule has 1 fully saturated rings. The van der Waals surface area contributed by atoms with E-state index in [1.807, 2.05) is 26.0 Å². The summed E-state index contributed by atoms with van der Waals surface area (Å²) in [6.45, 7) is 8.72. The van der Waals surface area contributed by atoms with Crippen molar-refractivity contribution >= 4 is 30.1 Å². The first-order chi connectivity index (χ1) is 22.2. The molecular weight excluding hydrogens is 606 g/mol. The molecule has 1 aliphatic rings. The number of aromatic amines is 1. The lowest BCUT2D eigenvalue weighted by Crippen LogP contribution is -2.49. The molecule has 254 valence electrons. The summed E-state index contributed by atoms with van der Waals surface area (Å²) in [5.41, 5.74) is 4.28. The maximum absolute atomic E-state index is 13.1. The number of urea groups is 1. The van der Waals surface area contributed by atoms with Crippen molar-refractivity contribution in [1.29, 1.82) is 10.7 Å². The molecule has 47 heavy (non-hydrogen) atoms. The van der Waals surface area contributed by atoms with Crippen molar-refractivity contribution in [1.82, 2.24) is 15.2 Å². The number of nitriles is 1. The van der Waals surface area contributed by atoms with Gasteiger partial charge in [-0.25, -0.2) is 9.79 Å². The zero-order valence-corrected chi connectivity index (χ0v) is 27.6. The molecule has 1 saturated heterocycles. The zero-order valence-electron chi connectivity index (χ0n) is 27.6. The average molecular weight is 652 g/mol. The quantitative estimate of drug-likeness (QED) is 0.129. The van der Waals surface area contributed by atoms with Crippen LogP contribution in [0.4, 0.5) is 4.79 Å². The number of esters is 2. The van der Waals surface area contributed by atoms with Gasteiger partial charge in [0, 0.05) is 13.1 Å². The molecule has 0 bridgehead atoms. The SMILES string of the molecule is CCCC(C)N(C)C(=O)NC(=NC=N)c1ccc([C@]2(C#N)O[C@H](COC(=O)Cc3ccccc3)[C@@H](OC(=O)[C@@H](N)C(C)(C)C)[C@H]2O)[nH]1. The third-order valence-electron chi connectivity index (χ3n) is 8.08. The first-order valence-corrected chi connectivity index (χ1v) is 15.4. The second kappa shape index (κ2) is 15.8. The molecule has 0 aliphatic carbocycles. The summed E-state index contributed by atoms with van der Waals surface area (Å²) in [6, 6.07) is 12.2. The Morgan fingerprint density at radius 3 is 2.55 bits per heavy atom. The molecule has 1 aromatic heterocycles. The van der Waals surface area contributed by atoms with Crippen LogP contribution < -0.4 is 11.1 Å². The third kappa shape index (κ3) is 8.82. The van der Waals surface area contributed by atoms with Crippen molar-refractivity contribution in [2.75, 3.05) is 13.7 Å². The highest BCUT2D eigenvalue weighted by atomic mass is 16.6. The molecule has 1 aliphatic heterocycles. The van der Waals surface area contributed by atoms with Gasteiger partial charge in [-0.3, -0.25) is 20.3 Å². The predicted molar refractivity (Wildman–Crippen MR) is 173 cm³/mol. The monoisotopic (exact) mass is 651 g/mol. The van der Waals surface area contributed by atoms with Gasteiger partial charge in [0.05, 0.1) is 17.8 Å². The minimum absolute atomic E-state index is 0.0158. The van der Waals surface area contributed by atoms with E-state index < -0.39 is 59.9 Å². The van der Waals surface area contributed by atoms with E-state index in [1.165, 1.54) is 17.0 Å². The lowest BCUT2D eigenvalue weighted by atomic mass is 9.87. The summed E-state index contributed by atoms with van der Waals surface area (Å²) in [7, 11) is 1.64. The number of aromatic nitrogens is 1. The lowest BCUT2D eigenvalue weighted by molar-refractivity contribution is -0.163. The molecule has 0 radical (unpaired) electrons. The number of ether oxygens (including phenoxy) is 3. The van der Waals surface area contributed by atoms with E-state index in [0.717, 1.165) is 24.7 Å². The van der Waals surface area contributed by atoms with Crippen molar-refractivity contribution < 1.29 is 33.7 Å². The van der Waals surface area contributed by atoms with Crippen LogP contribution in [0.15, 0.2) is 47.5 Å². The van der Waals surface area contributed by atoms with E-state index in [0.29, 0.717) is 0 Å². The van der Waals surface area contributed by atoms with Crippen molar-refractivity contribution in [2.45, 2.75) is 89.9 Å². The van der Waals surface area contributed by atoms with E-state index in [-0.39, 0.29) is 29.7 Å². The summed E-state index contributed by atoms with van der Waals surface area (Å²) < 4.78 is 17.2. The normalized spacial score (nSPS) is 22.4. The Hall–Kier alpha value is -4.58. The summed E-state index contributed by atoms with van der Waals surface area (Å²) in [4.78, 5) is 47.1. The molecule has 2 amide bonds. The maximum atomic E-state index is 13.1. The van der Waals surface area contributed by atoms with E-state index >= 15 is 0 Å². The number of amides is 2. The lowest BCUT2D eigenvalue weighted by Gasteiger charge is -2.28. The first-order valence-electron chi connectivity index (χ1n) is 15.4. The summed E-state index contributed by atoms with van der Waals surface area (Å²) in [6.07, 6.45) is -2.09. The predicted octanol–water partition coefficient (Wildman–Crippen LogP) is 2.75. The van der Waals surface area contributed by atoms with Gasteiger partial charge in [0.2, 0.25) is 5.60 Å². The van der Waals surface area contributed by atoms with Gasteiger partial charge in [-0.2, -0.15) is 5.26 Å². The number of hydrogen-bond donors (Lipinski definition) is 5. The van der Waals surface area contributed by atoms with Gasteiger partial charge in [0.15, 0.2) is 11.9 Å². The smallest absolute Gasteiger partial charge is 0.323 e. The molecule has 6 N–H and O–H groups in total. The average Bonchev–Trinajstić information content (AvgIpc) is 3.63. The van der Waals surface area contributed by atoms with Crippen LogP contribution in [0, 0.1) is 22.2 Å². The van der Waals surface area contributed by atoms with Gasteiger partial charge >= 0.3 is 18.0 Å².